The van der Waals surface area contributed by atoms with Crippen molar-refractivity contribution < 1.29 is 4.74 Å². The summed E-state index contributed by atoms with van der Waals surface area (Å²) >= 11 is 0. The number of rotatable bonds is 4. The molecule has 25 heavy (non-hydrogen) atoms. The third-order valence-electron chi connectivity index (χ3n) is 4.87. The van der Waals surface area contributed by atoms with Gasteiger partial charge in [0.25, 0.3) is 0 Å². The molecule has 1 saturated heterocycles. The van der Waals surface area contributed by atoms with E-state index in [1.807, 2.05) is 0 Å². The lowest BCUT2D eigenvalue weighted by Crippen LogP contribution is -2.23. The number of nitrogens with zero attached hydrogens (tertiary/aromatic N) is 2. The minimum absolute atomic E-state index is 0.0158. The van der Waals surface area contributed by atoms with Crippen LogP contribution in [-0.2, 0) is 11.2 Å². The van der Waals surface area contributed by atoms with Crippen LogP contribution in [0.1, 0.15) is 29.8 Å². The normalized spacial score (nSPS) is 17.2. The second-order valence-electron chi connectivity index (χ2n) is 6.63. The highest BCUT2D eigenvalue weighted by molar-refractivity contribution is 5.51. The molecule has 2 heterocycles. The molecule has 0 amide bonds. The Morgan fingerprint density at radius 1 is 1.04 bits per heavy atom. The zero-order valence-corrected chi connectivity index (χ0v) is 14.9. The molecular formula is C22H24N2O. The van der Waals surface area contributed by atoms with Crippen LogP contribution in [-0.4, -0.2) is 17.7 Å². The summed E-state index contributed by atoms with van der Waals surface area (Å²) in [5.41, 5.74) is 6.24. The average Bonchev–Trinajstić information content (AvgIpc) is 3.31. The molecule has 1 aromatic heterocycles. The van der Waals surface area contributed by atoms with Gasteiger partial charge in [-0.3, -0.25) is 0 Å². The van der Waals surface area contributed by atoms with E-state index in [0.717, 1.165) is 19.6 Å². The lowest BCUT2D eigenvalue weighted by molar-refractivity contribution is 0.114. The van der Waals surface area contributed by atoms with E-state index in [9.17, 15) is 0 Å². The van der Waals surface area contributed by atoms with Crippen LogP contribution in [0.5, 0.6) is 0 Å². The Labute approximate surface area is 149 Å². The first-order chi connectivity index (χ1) is 12.2. The Morgan fingerprint density at radius 2 is 1.88 bits per heavy atom. The molecule has 3 heteroatoms. The van der Waals surface area contributed by atoms with Crippen molar-refractivity contribution in [2.24, 2.45) is 0 Å². The third-order valence-corrected chi connectivity index (χ3v) is 4.87. The van der Waals surface area contributed by atoms with E-state index in [0.29, 0.717) is 0 Å². The van der Waals surface area contributed by atoms with Crippen molar-refractivity contribution in [2.75, 3.05) is 18.1 Å². The van der Waals surface area contributed by atoms with Crippen LogP contribution in [0.4, 0.5) is 5.69 Å². The highest BCUT2D eigenvalue weighted by Crippen LogP contribution is 2.33. The van der Waals surface area contributed by atoms with Gasteiger partial charge in [-0.1, -0.05) is 31.2 Å². The second-order valence-corrected chi connectivity index (χ2v) is 6.63. The van der Waals surface area contributed by atoms with E-state index in [4.69, 9.17) is 4.74 Å². The van der Waals surface area contributed by atoms with Crippen LogP contribution < -0.4 is 4.90 Å². The maximum Gasteiger partial charge on any atom is 0.158 e. The molecule has 1 aliphatic heterocycles. The Morgan fingerprint density at radius 3 is 2.64 bits per heavy atom. The Kier molecular flexibility index (Phi) is 4.33. The van der Waals surface area contributed by atoms with Crippen LogP contribution in [0.2, 0.25) is 0 Å². The average molecular weight is 332 g/mol. The Balaban J connectivity index is 1.60. The predicted molar refractivity (Wildman–Crippen MR) is 102 cm³/mol. The van der Waals surface area contributed by atoms with Crippen LogP contribution in [0.3, 0.4) is 0 Å². The number of anilines is 1. The monoisotopic (exact) mass is 332 g/mol. The molecule has 0 saturated carbocycles. The van der Waals surface area contributed by atoms with Gasteiger partial charge in [-0.2, -0.15) is 0 Å². The number of hydrogen-bond donors (Lipinski definition) is 0. The third kappa shape index (κ3) is 3.20. The van der Waals surface area contributed by atoms with Gasteiger partial charge in [-0.05, 0) is 54.8 Å². The predicted octanol–water partition coefficient (Wildman–Crippen LogP) is 4.88. The summed E-state index contributed by atoms with van der Waals surface area (Å²) < 4.78 is 8.22. The molecular weight excluding hydrogens is 308 g/mol. The molecule has 0 N–H and O–H groups in total. The minimum atomic E-state index is -0.0158. The minimum Gasteiger partial charge on any atom is -0.352 e. The first kappa shape index (κ1) is 16.0. The van der Waals surface area contributed by atoms with E-state index < -0.39 is 0 Å². The molecule has 3 aromatic rings. The van der Waals surface area contributed by atoms with Gasteiger partial charge < -0.3 is 14.2 Å². The molecule has 1 fully saturated rings. The topological polar surface area (TPSA) is 17.4 Å². The fraction of sp³-hybridized carbons (Fsp3) is 0.273. The summed E-state index contributed by atoms with van der Waals surface area (Å²) in [5.74, 6) is 0. The van der Waals surface area contributed by atoms with Crippen molar-refractivity contribution in [3.8, 4) is 5.69 Å². The van der Waals surface area contributed by atoms with Crippen LogP contribution in [0, 0.1) is 6.92 Å². The summed E-state index contributed by atoms with van der Waals surface area (Å²) in [6.45, 7) is 5.99. The van der Waals surface area contributed by atoms with Gasteiger partial charge in [0.05, 0.1) is 6.61 Å². The van der Waals surface area contributed by atoms with Gasteiger partial charge in [-0.15, -0.1) is 0 Å². The van der Waals surface area contributed by atoms with Gasteiger partial charge in [-0.25, -0.2) is 0 Å². The molecule has 4 rings (SSSR count). The summed E-state index contributed by atoms with van der Waals surface area (Å²) in [6.07, 6.45) is 5.35. The summed E-state index contributed by atoms with van der Waals surface area (Å²) in [6, 6.07) is 19.5. The number of aryl methyl sites for hydroxylation is 2. The van der Waals surface area contributed by atoms with Crippen molar-refractivity contribution >= 4 is 5.69 Å². The quantitative estimate of drug-likeness (QED) is 0.677. The fourth-order valence-electron chi connectivity index (χ4n) is 3.44. The van der Waals surface area contributed by atoms with Crippen molar-refractivity contribution in [3.05, 3.63) is 83.7 Å². The SMILES string of the molecule is CCc1ccc(-n2ccc(C3OCCN3c3cccc(C)c3)c2)cc1. The second kappa shape index (κ2) is 6.77. The van der Waals surface area contributed by atoms with Crippen LogP contribution in [0.25, 0.3) is 5.69 Å². The molecule has 0 spiro atoms. The van der Waals surface area contributed by atoms with Crippen molar-refractivity contribution in [1.29, 1.82) is 0 Å². The molecule has 2 aromatic carbocycles. The molecule has 0 aliphatic carbocycles. The van der Waals surface area contributed by atoms with Crippen molar-refractivity contribution in [2.45, 2.75) is 26.5 Å². The molecule has 0 radical (unpaired) electrons. The van der Waals surface area contributed by atoms with Gasteiger partial charge in [0.15, 0.2) is 6.23 Å². The molecule has 128 valence electrons. The maximum atomic E-state index is 6.04. The first-order valence-electron chi connectivity index (χ1n) is 8.97. The Hall–Kier alpha value is -2.52. The molecule has 0 bridgehead atoms. The summed E-state index contributed by atoms with van der Waals surface area (Å²) in [5, 5.41) is 0. The van der Waals surface area contributed by atoms with E-state index in [2.05, 4.69) is 90.3 Å². The van der Waals surface area contributed by atoms with E-state index in [-0.39, 0.29) is 6.23 Å². The van der Waals surface area contributed by atoms with Crippen molar-refractivity contribution in [1.82, 2.24) is 4.57 Å². The summed E-state index contributed by atoms with van der Waals surface area (Å²) in [7, 11) is 0. The summed E-state index contributed by atoms with van der Waals surface area (Å²) in [4.78, 5) is 2.34. The highest BCUT2D eigenvalue weighted by atomic mass is 16.5. The van der Waals surface area contributed by atoms with E-state index in [1.54, 1.807) is 0 Å². The van der Waals surface area contributed by atoms with Gasteiger partial charge >= 0.3 is 0 Å². The lowest BCUT2D eigenvalue weighted by Gasteiger charge is -2.25. The molecule has 1 aliphatic rings. The van der Waals surface area contributed by atoms with E-state index >= 15 is 0 Å². The van der Waals surface area contributed by atoms with Crippen LogP contribution >= 0.6 is 0 Å². The number of benzene rings is 2. The highest BCUT2D eigenvalue weighted by Gasteiger charge is 2.27. The number of hydrogen-bond acceptors (Lipinski definition) is 2. The standard InChI is InChI=1S/C22H24N2O/c1-3-18-7-9-20(10-8-18)23-12-11-19(16-23)22-24(13-14-25-22)21-6-4-5-17(2)15-21/h4-12,15-16,22H,3,13-14H2,1-2H3. The van der Waals surface area contributed by atoms with Gasteiger partial charge in [0.2, 0.25) is 0 Å². The Bertz CT molecular complexity index is 850. The fourth-order valence-corrected chi connectivity index (χ4v) is 3.44. The van der Waals surface area contributed by atoms with Gasteiger partial charge in [0, 0.05) is 35.9 Å². The zero-order chi connectivity index (χ0) is 17.2. The first-order valence-corrected chi connectivity index (χ1v) is 8.97. The largest absolute Gasteiger partial charge is 0.352 e. The van der Waals surface area contributed by atoms with Crippen molar-refractivity contribution in [3.63, 3.8) is 0 Å². The molecule has 3 nitrogen and oxygen atoms in total. The smallest absolute Gasteiger partial charge is 0.158 e. The number of ether oxygens (including phenoxy) is 1. The van der Waals surface area contributed by atoms with E-state index in [1.165, 1.54) is 28.1 Å². The zero-order valence-electron chi connectivity index (χ0n) is 14.9. The van der Waals surface area contributed by atoms with Crippen LogP contribution in [0.15, 0.2) is 67.0 Å². The molecule has 1 unspecified atom stereocenters. The molecule has 1 atom stereocenters. The number of aromatic nitrogens is 1. The van der Waals surface area contributed by atoms with Gasteiger partial charge in [0.1, 0.15) is 0 Å². The maximum absolute atomic E-state index is 6.04. The lowest BCUT2D eigenvalue weighted by atomic mass is 10.1.